The van der Waals surface area contributed by atoms with E-state index >= 15 is 0 Å². The van der Waals surface area contributed by atoms with Gasteiger partial charge < -0.3 is 14.8 Å². The molecule has 1 aromatic rings. The summed E-state index contributed by atoms with van der Waals surface area (Å²) in [6.07, 6.45) is 0.971. The highest BCUT2D eigenvalue weighted by atomic mass is 32.2. The van der Waals surface area contributed by atoms with Gasteiger partial charge in [0.1, 0.15) is 13.2 Å². The molecule has 2 aliphatic heterocycles. The molecule has 1 amide bonds. The molecular weight excluding hydrogens is 344 g/mol. The van der Waals surface area contributed by atoms with Gasteiger partial charge in [0, 0.05) is 30.8 Å². The predicted octanol–water partition coefficient (Wildman–Crippen LogP) is 1.30. The first-order valence-electron chi connectivity index (χ1n) is 8.61. The van der Waals surface area contributed by atoms with E-state index in [1.807, 2.05) is 6.92 Å². The van der Waals surface area contributed by atoms with Gasteiger partial charge in [-0.2, -0.15) is 0 Å². The molecule has 25 heavy (non-hydrogen) atoms. The van der Waals surface area contributed by atoms with Crippen molar-refractivity contribution in [2.45, 2.75) is 25.8 Å². The molecule has 3 rings (SSSR count). The molecule has 7 nitrogen and oxygen atoms in total. The van der Waals surface area contributed by atoms with Crippen LogP contribution in [0.4, 0.5) is 5.69 Å². The maximum atomic E-state index is 12.2. The van der Waals surface area contributed by atoms with Crippen LogP contribution in [0.1, 0.15) is 19.8 Å². The summed E-state index contributed by atoms with van der Waals surface area (Å²) in [6, 6.07) is 5.35. The van der Waals surface area contributed by atoms with E-state index in [-0.39, 0.29) is 23.5 Å². The zero-order chi connectivity index (χ0) is 17.9. The SMILES string of the molecule is CCN(CCC(=O)Nc1ccc2c(c1)OCCO2)C1CCS(=O)(=O)C1. The van der Waals surface area contributed by atoms with Gasteiger partial charge in [-0.3, -0.25) is 9.69 Å². The third-order valence-corrected chi connectivity index (χ3v) is 6.33. The van der Waals surface area contributed by atoms with E-state index in [2.05, 4.69) is 10.2 Å². The predicted molar refractivity (Wildman–Crippen MR) is 95.0 cm³/mol. The molecule has 8 heteroatoms. The molecule has 1 atom stereocenters. The van der Waals surface area contributed by atoms with Crippen molar-refractivity contribution in [2.75, 3.05) is 43.1 Å². The topological polar surface area (TPSA) is 84.9 Å². The molecule has 138 valence electrons. The fraction of sp³-hybridized carbons (Fsp3) is 0.588. The van der Waals surface area contributed by atoms with Crippen LogP contribution in [0.3, 0.4) is 0 Å². The number of carbonyl (C=O) groups is 1. The van der Waals surface area contributed by atoms with Crippen molar-refractivity contribution in [1.82, 2.24) is 4.90 Å². The number of carbonyl (C=O) groups excluding carboxylic acids is 1. The smallest absolute Gasteiger partial charge is 0.225 e. The Bertz CT molecular complexity index is 735. The Morgan fingerprint density at radius 1 is 1.28 bits per heavy atom. The zero-order valence-electron chi connectivity index (χ0n) is 14.4. The van der Waals surface area contributed by atoms with E-state index < -0.39 is 9.84 Å². The van der Waals surface area contributed by atoms with Crippen molar-refractivity contribution in [3.8, 4) is 11.5 Å². The van der Waals surface area contributed by atoms with Gasteiger partial charge in [0.2, 0.25) is 5.91 Å². The molecule has 0 aromatic heterocycles. The number of anilines is 1. The Hall–Kier alpha value is -1.80. The number of benzene rings is 1. The second-order valence-corrected chi connectivity index (χ2v) is 8.57. The van der Waals surface area contributed by atoms with Crippen LogP contribution in [0.15, 0.2) is 18.2 Å². The third-order valence-electron chi connectivity index (χ3n) is 4.58. The van der Waals surface area contributed by atoms with E-state index in [1.165, 1.54) is 0 Å². The number of ether oxygens (including phenoxy) is 2. The first kappa shape index (κ1) is 18.0. The summed E-state index contributed by atoms with van der Waals surface area (Å²) < 4.78 is 34.2. The number of nitrogens with zero attached hydrogens (tertiary/aromatic N) is 1. The van der Waals surface area contributed by atoms with Crippen LogP contribution in [0.2, 0.25) is 0 Å². The maximum absolute atomic E-state index is 12.2. The number of hydrogen-bond donors (Lipinski definition) is 1. The normalized spacial score (nSPS) is 21.3. The van der Waals surface area contributed by atoms with Gasteiger partial charge in [-0.25, -0.2) is 8.42 Å². The molecule has 0 saturated carbocycles. The molecule has 2 aliphatic rings. The van der Waals surface area contributed by atoms with Crippen molar-refractivity contribution < 1.29 is 22.7 Å². The quantitative estimate of drug-likeness (QED) is 0.815. The lowest BCUT2D eigenvalue weighted by Gasteiger charge is -2.26. The standard InChI is InChI=1S/C17H24N2O5S/c1-2-19(14-6-10-25(21,22)12-14)7-5-17(20)18-13-3-4-15-16(11-13)24-9-8-23-15/h3-4,11,14H,2,5-10,12H2,1H3,(H,18,20). The van der Waals surface area contributed by atoms with Gasteiger partial charge in [0.05, 0.1) is 11.5 Å². The number of fused-ring (bicyclic) bond motifs is 1. The second-order valence-electron chi connectivity index (χ2n) is 6.34. The molecule has 2 heterocycles. The van der Waals surface area contributed by atoms with Crippen LogP contribution in [0.5, 0.6) is 11.5 Å². The molecule has 1 saturated heterocycles. The summed E-state index contributed by atoms with van der Waals surface area (Å²) in [5, 5.41) is 2.86. The van der Waals surface area contributed by atoms with Crippen LogP contribution in [-0.4, -0.2) is 63.1 Å². The first-order valence-corrected chi connectivity index (χ1v) is 10.4. The fourth-order valence-electron chi connectivity index (χ4n) is 3.25. The van der Waals surface area contributed by atoms with Crippen molar-refractivity contribution in [3.05, 3.63) is 18.2 Å². The van der Waals surface area contributed by atoms with Gasteiger partial charge in [0.25, 0.3) is 0 Å². The first-order chi connectivity index (χ1) is 12.0. The minimum atomic E-state index is -2.91. The van der Waals surface area contributed by atoms with Crippen LogP contribution in [0.25, 0.3) is 0 Å². The number of hydrogen-bond acceptors (Lipinski definition) is 6. The summed E-state index contributed by atoms with van der Waals surface area (Å²) in [4.78, 5) is 14.3. The summed E-state index contributed by atoms with van der Waals surface area (Å²) in [5.74, 6) is 1.66. The Labute approximate surface area is 148 Å². The molecule has 0 radical (unpaired) electrons. The highest BCUT2D eigenvalue weighted by molar-refractivity contribution is 7.91. The molecule has 1 fully saturated rings. The van der Waals surface area contributed by atoms with Crippen LogP contribution < -0.4 is 14.8 Å². The zero-order valence-corrected chi connectivity index (χ0v) is 15.2. The number of sulfone groups is 1. The average Bonchev–Trinajstić information content (AvgIpc) is 2.95. The monoisotopic (exact) mass is 368 g/mol. The van der Waals surface area contributed by atoms with Crippen molar-refractivity contribution >= 4 is 21.4 Å². The summed E-state index contributed by atoms with van der Waals surface area (Å²) >= 11 is 0. The largest absolute Gasteiger partial charge is 0.486 e. The van der Waals surface area contributed by atoms with Crippen LogP contribution >= 0.6 is 0 Å². The summed E-state index contributed by atoms with van der Waals surface area (Å²) in [6.45, 7) is 4.30. The number of amides is 1. The minimum absolute atomic E-state index is 0.0251. The van der Waals surface area contributed by atoms with Crippen molar-refractivity contribution in [3.63, 3.8) is 0 Å². The molecule has 1 aromatic carbocycles. The van der Waals surface area contributed by atoms with E-state index in [9.17, 15) is 13.2 Å². The Kier molecular flexibility index (Phi) is 5.48. The van der Waals surface area contributed by atoms with Gasteiger partial charge in [0.15, 0.2) is 21.3 Å². The lowest BCUT2D eigenvalue weighted by molar-refractivity contribution is -0.116. The molecule has 0 aliphatic carbocycles. The van der Waals surface area contributed by atoms with Gasteiger partial charge in [-0.1, -0.05) is 6.92 Å². The third kappa shape index (κ3) is 4.64. The molecule has 0 spiro atoms. The van der Waals surface area contributed by atoms with Gasteiger partial charge in [-0.05, 0) is 25.1 Å². The van der Waals surface area contributed by atoms with Crippen molar-refractivity contribution in [1.29, 1.82) is 0 Å². The average molecular weight is 368 g/mol. The van der Waals surface area contributed by atoms with E-state index in [1.54, 1.807) is 18.2 Å². The van der Waals surface area contributed by atoms with E-state index in [0.29, 0.717) is 49.8 Å². The van der Waals surface area contributed by atoms with Gasteiger partial charge in [-0.15, -0.1) is 0 Å². The van der Waals surface area contributed by atoms with Crippen LogP contribution in [-0.2, 0) is 14.6 Å². The van der Waals surface area contributed by atoms with E-state index in [4.69, 9.17) is 9.47 Å². The maximum Gasteiger partial charge on any atom is 0.225 e. The summed E-state index contributed by atoms with van der Waals surface area (Å²) in [7, 11) is -2.91. The lowest BCUT2D eigenvalue weighted by atomic mass is 10.2. The molecule has 1 N–H and O–H groups in total. The van der Waals surface area contributed by atoms with Crippen molar-refractivity contribution in [2.24, 2.45) is 0 Å². The van der Waals surface area contributed by atoms with Crippen LogP contribution in [0, 0.1) is 0 Å². The highest BCUT2D eigenvalue weighted by Crippen LogP contribution is 2.32. The Morgan fingerprint density at radius 2 is 2.04 bits per heavy atom. The lowest BCUT2D eigenvalue weighted by Crippen LogP contribution is -2.38. The number of nitrogens with one attached hydrogen (secondary N) is 1. The Balaban J connectivity index is 1.52. The minimum Gasteiger partial charge on any atom is -0.486 e. The number of rotatable bonds is 6. The molecule has 1 unspecified atom stereocenters. The summed E-state index contributed by atoms with van der Waals surface area (Å²) in [5.41, 5.74) is 0.667. The highest BCUT2D eigenvalue weighted by Gasteiger charge is 2.31. The van der Waals surface area contributed by atoms with Gasteiger partial charge >= 0.3 is 0 Å². The Morgan fingerprint density at radius 3 is 2.72 bits per heavy atom. The second kappa shape index (κ2) is 7.61. The molecular formula is C17H24N2O5S. The fourth-order valence-corrected chi connectivity index (χ4v) is 5.01. The van der Waals surface area contributed by atoms with E-state index in [0.717, 1.165) is 6.54 Å². The molecule has 0 bridgehead atoms.